The molecular weight excluding hydrogens is 453 g/mol. The van der Waals surface area contributed by atoms with Crippen LogP contribution in [-0.2, 0) is 4.79 Å². The topological polar surface area (TPSA) is 44.4 Å². The molecule has 0 bridgehead atoms. The molecule has 34 heavy (non-hydrogen) atoms. The van der Waals surface area contributed by atoms with Gasteiger partial charge in [0.05, 0.1) is 12.0 Å². The van der Waals surface area contributed by atoms with Crippen LogP contribution in [0.1, 0.15) is 71.1 Å². The van der Waals surface area contributed by atoms with E-state index in [2.05, 4.69) is 10.7 Å². The van der Waals surface area contributed by atoms with Gasteiger partial charge in [-0.1, -0.05) is 13.0 Å². The molecule has 0 saturated heterocycles. The van der Waals surface area contributed by atoms with E-state index in [4.69, 9.17) is 0 Å². The first-order valence-electron chi connectivity index (χ1n) is 12.6. The molecule has 1 saturated carbocycles. The summed E-state index contributed by atoms with van der Waals surface area (Å²) in [6.45, 7) is 1.95. The van der Waals surface area contributed by atoms with Crippen molar-refractivity contribution in [3.63, 3.8) is 0 Å². The maximum atomic E-state index is 14.9. The number of hydrogen-bond acceptors (Lipinski definition) is 3. The summed E-state index contributed by atoms with van der Waals surface area (Å²) in [5.74, 6) is -0.362. The van der Waals surface area contributed by atoms with E-state index in [9.17, 15) is 26.7 Å². The molecule has 0 aromatic rings. The number of halogens is 5. The Morgan fingerprint density at radius 2 is 1.82 bits per heavy atom. The van der Waals surface area contributed by atoms with Gasteiger partial charge >= 0.3 is 6.18 Å². The third-order valence-electron chi connectivity index (χ3n) is 8.45. The summed E-state index contributed by atoms with van der Waals surface area (Å²) < 4.78 is 67.8. The van der Waals surface area contributed by atoms with Gasteiger partial charge in [-0.25, -0.2) is 19.2 Å². The van der Waals surface area contributed by atoms with Crippen LogP contribution in [0, 0.1) is 17.8 Å². The number of fused-ring (bicyclic) bond motifs is 1. The van der Waals surface area contributed by atoms with Crippen LogP contribution in [0.25, 0.3) is 0 Å². The van der Waals surface area contributed by atoms with Crippen LogP contribution in [0.4, 0.5) is 22.0 Å². The monoisotopic (exact) mass is 485 g/mol. The number of hydrogen-bond donors (Lipinski definition) is 2. The third kappa shape index (κ3) is 4.18. The molecule has 188 valence electrons. The second kappa shape index (κ2) is 8.95. The van der Waals surface area contributed by atoms with E-state index in [-0.39, 0.29) is 49.5 Å². The summed E-state index contributed by atoms with van der Waals surface area (Å²) in [6, 6.07) is -0.248. The van der Waals surface area contributed by atoms with Crippen molar-refractivity contribution in [3.8, 4) is 0 Å². The molecule has 5 aliphatic rings. The molecule has 2 heterocycles. The minimum atomic E-state index is -4.12. The first-order valence-corrected chi connectivity index (χ1v) is 12.6. The number of hydrazine groups is 1. The third-order valence-corrected chi connectivity index (χ3v) is 8.45. The molecule has 3 aliphatic carbocycles. The number of allylic oxidation sites excluding steroid dienone is 2. The zero-order valence-corrected chi connectivity index (χ0v) is 19.4. The van der Waals surface area contributed by atoms with Crippen LogP contribution in [-0.4, -0.2) is 35.5 Å². The fraction of sp³-hybridized carbons (Fsp3) is 0.720. The first-order chi connectivity index (χ1) is 16.2. The molecule has 4 unspecified atom stereocenters. The van der Waals surface area contributed by atoms with Crippen LogP contribution in [0.3, 0.4) is 0 Å². The SMILES string of the molecule is CCC1NN2C(=O)C3=C(CC(C4CCC(C(F)(F)F)CC4)CC3)NC2=C1C1=CCC(F)CC1F. The highest BCUT2D eigenvalue weighted by Gasteiger charge is 2.46. The van der Waals surface area contributed by atoms with Gasteiger partial charge in [-0.05, 0) is 75.2 Å². The first kappa shape index (κ1) is 23.8. The van der Waals surface area contributed by atoms with Gasteiger partial charge in [0.15, 0.2) is 0 Å². The quantitative estimate of drug-likeness (QED) is 0.501. The Bertz CT molecular complexity index is 931. The Kier molecular flexibility index (Phi) is 6.27. The highest BCUT2D eigenvalue weighted by atomic mass is 19.4. The zero-order chi connectivity index (χ0) is 24.2. The maximum Gasteiger partial charge on any atom is 0.391 e. The number of amides is 1. The second-order valence-corrected chi connectivity index (χ2v) is 10.4. The predicted octanol–water partition coefficient (Wildman–Crippen LogP) is 5.75. The van der Waals surface area contributed by atoms with Crippen molar-refractivity contribution in [1.82, 2.24) is 15.8 Å². The second-order valence-electron chi connectivity index (χ2n) is 10.4. The van der Waals surface area contributed by atoms with Crippen LogP contribution in [0.15, 0.2) is 34.3 Å². The molecule has 4 nitrogen and oxygen atoms in total. The van der Waals surface area contributed by atoms with Crippen molar-refractivity contribution in [2.24, 2.45) is 17.8 Å². The summed E-state index contributed by atoms with van der Waals surface area (Å²) in [7, 11) is 0. The molecule has 0 aromatic carbocycles. The van der Waals surface area contributed by atoms with Gasteiger partial charge in [0.1, 0.15) is 18.2 Å². The van der Waals surface area contributed by atoms with E-state index in [1.54, 1.807) is 6.08 Å². The zero-order valence-electron chi connectivity index (χ0n) is 19.4. The van der Waals surface area contributed by atoms with Crippen LogP contribution >= 0.6 is 0 Å². The fourth-order valence-corrected chi connectivity index (χ4v) is 6.53. The maximum absolute atomic E-state index is 14.9. The summed E-state index contributed by atoms with van der Waals surface area (Å²) >= 11 is 0. The fourth-order valence-electron chi connectivity index (χ4n) is 6.53. The Hall–Kier alpha value is -1.90. The number of carbonyl (C=O) groups is 1. The Balaban J connectivity index is 1.37. The van der Waals surface area contributed by atoms with Crippen molar-refractivity contribution in [2.75, 3.05) is 0 Å². The van der Waals surface area contributed by atoms with Gasteiger partial charge in [-0.3, -0.25) is 4.79 Å². The number of rotatable bonds is 3. The van der Waals surface area contributed by atoms with Crippen molar-refractivity contribution in [2.45, 2.75) is 95.7 Å². The number of nitrogens with one attached hydrogen (secondary N) is 2. The minimum Gasteiger partial charge on any atom is -0.343 e. The molecular formula is C25H32F5N3O. The molecule has 0 aromatic heterocycles. The minimum absolute atomic E-state index is 0.147. The normalized spacial score (nSPS) is 36.8. The summed E-state index contributed by atoms with van der Waals surface area (Å²) in [5.41, 5.74) is 5.86. The van der Waals surface area contributed by atoms with E-state index < -0.39 is 24.4 Å². The molecule has 1 amide bonds. The average Bonchev–Trinajstić information content (AvgIpc) is 3.17. The van der Waals surface area contributed by atoms with Crippen molar-refractivity contribution in [3.05, 3.63) is 34.3 Å². The van der Waals surface area contributed by atoms with Gasteiger partial charge in [-0.2, -0.15) is 13.2 Å². The molecule has 0 spiro atoms. The van der Waals surface area contributed by atoms with Gasteiger partial charge in [0.25, 0.3) is 5.91 Å². The lowest BCUT2D eigenvalue weighted by Crippen LogP contribution is -2.49. The van der Waals surface area contributed by atoms with Crippen molar-refractivity contribution < 1.29 is 26.7 Å². The predicted molar refractivity (Wildman–Crippen MR) is 117 cm³/mol. The van der Waals surface area contributed by atoms with Crippen molar-refractivity contribution in [1.29, 1.82) is 0 Å². The Morgan fingerprint density at radius 3 is 2.47 bits per heavy atom. The average molecular weight is 486 g/mol. The highest BCUT2D eigenvalue weighted by Crippen LogP contribution is 2.47. The highest BCUT2D eigenvalue weighted by molar-refractivity contribution is 5.97. The van der Waals surface area contributed by atoms with E-state index in [1.165, 1.54) is 5.01 Å². The molecule has 5 rings (SSSR count). The molecule has 9 heteroatoms. The van der Waals surface area contributed by atoms with Gasteiger partial charge in [-0.15, -0.1) is 0 Å². The van der Waals surface area contributed by atoms with Crippen molar-refractivity contribution >= 4 is 5.91 Å². The Labute approximate surface area is 196 Å². The van der Waals surface area contributed by atoms with E-state index in [1.807, 2.05) is 6.92 Å². The van der Waals surface area contributed by atoms with Crippen LogP contribution < -0.4 is 10.7 Å². The van der Waals surface area contributed by atoms with Gasteiger partial charge < -0.3 is 5.32 Å². The van der Waals surface area contributed by atoms with E-state index in [0.29, 0.717) is 54.6 Å². The van der Waals surface area contributed by atoms with Crippen LogP contribution in [0.5, 0.6) is 0 Å². The van der Waals surface area contributed by atoms with Crippen LogP contribution in [0.2, 0.25) is 0 Å². The smallest absolute Gasteiger partial charge is 0.343 e. The lowest BCUT2D eigenvalue weighted by Gasteiger charge is -2.40. The summed E-state index contributed by atoms with van der Waals surface area (Å²) in [5, 5.41) is 4.89. The lowest BCUT2D eigenvalue weighted by atomic mass is 9.70. The molecule has 1 fully saturated rings. The van der Waals surface area contributed by atoms with Gasteiger partial charge in [0.2, 0.25) is 0 Å². The molecule has 2 N–H and O–H groups in total. The van der Waals surface area contributed by atoms with Gasteiger partial charge in [0, 0.05) is 23.3 Å². The standard InChI is InChI=1S/C25H32F5N3O/c1-2-20-22(17-10-8-16(26)12-19(17)27)23-31-21-11-14(5-9-18(21)24(34)33(23)32-20)13-3-6-15(7-4-13)25(28,29)30/h10,13-16,19-20,31-32H,2-9,11-12H2,1H3. The lowest BCUT2D eigenvalue weighted by molar-refractivity contribution is -0.185. The number of carbonyl (C=O) groups excluding carboxylic acids is 1. The number of nitrogens with zero attached hydrogens (tertiary/aromatic N) is 1. The van der Waals surface area contributed by atoms with E-state index in [0.717, 1.165) is 12.1 Å². The van der Waals surface area contributed by atoms with E-state index >= 15 is 0 Å². The largest absolute Gasteiger partial charge is 0.391 e. The molecule has 4 atom stereocenters. The summed E-state index contributed by atoms with van der Waals surface area (Å²) in [4.78, 5) is 13.3. The molecule has 0 radical (unpaired) electrons. The number of alkyl halides is 5. The molecule has 2 aliphatic heterocycles. The Morgan fingerprint density at radius 1 is 1.09 bits per heavy atom. The summed E-state index contributed by atoms with van der Waals surface area (Å²) in [6.07, 6.45) is -1.02.